The lowest BCUT2D eigenvalue weighted by Crippen LogP contribution is -2.50. The van der Waals surface area contributed by atoms with Crippen LogP contribution < -0.4 is 0 Å². The molecule has 0 bridgehead atoms. The average Bonchev–Trinajstić information content (AvgIpc) is 2.91. The molecular formula is C23H30O2. The van der Waals surface area contributed by atoms with Gasteiger partial charge in [0.1, 0.15) is 6.10 Å². The quantitative estimate of drug-likeness (QED) is 0.380. The van der Waals surface area contributed by atoms with Crippen LogP contribution in [0, 0.1) is 40.9 Å². The highest BCUT2D eigenvalue weighted by molar-refractivity contribution is 5.66. The molecule has 0 amide bonds. The van der Waals surface area contributed by atoms with Crippen LogP contribution in [0.2, 0.25) is 0 Å². The summed E-state index contributed by atoms with van der Waals surface area (Å²) in [5.74, 6) is 5.06. The third-order valence-corrected chi connectivity index (χ3v) is 8.13. The normalized spacial score (nSPS) is 45.2. The van der Waals surface area contributed by atoms with Crippen LogP contribution >= 0.6 is 0 Å². The van der Waals surface area contributed by atoms with E-state index in [1.54, 1.807) is 5.57 Å². The maximum atomic E-state index is 11.3. The summed E-state index contributed by atoms with van der Waals surface area (Å²) in [6.45, 7) is 6.41. The van der Waals surface area contributed by atoms with Gasteiger partial charge in [-0.2, -0.15) is 0 Å². The first kappa shape index (κ1) is 17.0. The second-order valence-corrected chi connectivity index (χ2v) is 9.19. The molecule has 0 aliphatic heterocycles. The summed E-state index contributed by atoms with van der Waals surface area (Å²) in [6.07, 6.45) is 18.7. The number of hydrogen-bond donors (Lipinski definition) is 0. The fraction of sp³-hybridized carbons (Fsp3) is 0.696. The van der Waals surface area contributed by atoms with Gasteiger partial charge in [-0.1, -0.05) is 37.5 Å². The van der Waals surface area contributed by atoms with Crippen molar-refractivity contribution >= 4 is 5.97 Å². The van der Waals surface area contributed by atoms with Gasteiger partial charge in [-0.3, -0.25) is 4.79 Å². The third kappa shape index (κ3) is 2.42. The maximum Gasteiger partial charge on any atom is 0.302 e. The molecule has 134 valence electrons. The predicted octanol–water partition coefficient (Wildman–Crippen LogP) is 5.05. The molecule has 0 heterocycles. The molecule has 2 saturated carbocycles. The summed E-state index contributed by atoms with van der Waals surface area (Å²) in [5.41, 5.74) is 3.33. The van der Waals surface area contributed by atoms with Crippen LogP contribution in [0.1, 0.15) is 65.7 Å². The monoisotopic (exact) mass is 338 g/mol. The second kappa shape index (κ2) is 5.76. The van der Waals surface area contributed by atoms with Gasteiger partial charge >= 0.3 is 5.97 Å². The maximum absolute atomic E-state index is 11.3. The van der Waals surface area contributed by atoms with Crippen molar-refractivity contribution in [1.29, 1.82) is 0 Å². The second-order valence-electron chi connectivity index (χ2n) is 9.19. The summed E-state index contributed by atoms with van der Waals surface area (Å²) in [4.78, 5) is 11.3. The lowest BCUT2D eigenvalue weighted by atomic mass is 9.47. The van der Waals surface area contributed by atoms with Crippen LogP contribution in [-0.4, -0.2) is 12.1 Å². The molecule has 0 radical (unpaired) electrons. The van der Waals surface area contributed by atoms with Crippen LogP contribution in [-0.2, 0) is 9.53 Å². The molecule has 0 saturated heterocycles. The van der Waals surface area contributed by atoms with Crippen LogP contribution in [0.15, 0.2) is 23.3 Å². The Morgan fingerprint density at radius 2 is 1.92 bits per heavy atom. The van der Waals surface area contributed by atoms with E-state index in [0.717, 1.165) is 37.5 Å². The molecule has 4 rings (SSSR count). The SMILES string of the molecule is C#CC1=CCC2C3CC=C4CC(OC(C)=O)CC[C@]4(C)C3CC[C@]12C. The van der Waals surface area contributed by atoms with Gasteiger partial charge in [-0.05, 0) is 61.7 Å². The van der Waals surface area contributed by atoms with Gasteiger partial charge in [-0.25, -0.2) is 0 Å². The number of hydrogen-bond acceptors (Lipinski definition) is 2. The van der Waals surface area contributed by atoms with Crippen molar-refractivity contribution in [3.63, 3.8) is 0 Å². The predicted molar refractivity (Wildman–Crippen MR) is 99.6 cm³/mol. The van der Waals surface area contributed by atoms with Crippen LogP contribution in [0.4, 0.5) is 0 Å². The summed E-state index contributed by atoms with van der Waals surface area (Å²) in [5, 5.41) is 0. The van der Waals surface area contributed by atoms with Crippen molar-refractivity contribution in [2.24, 2.45) is 28.6 Å². The van der Waals surface area contributed by atoms with Gasteiger partial charge < -0.3 is 4.74 Å². The molecule has 4 unspecified atom stereocenters. The topological polar surface area (TPSA) is 26.3 Å². The number of esters is 1. The molecule has 0 aromatic rings. The van der Waals surface area contributed by atoms with Crippen molar-refractivity contribution in [3.8, 4) is 12.3 Å². The number of carbonyl (C=O) groups is 1. The van der Waals surface area contributed by atoms with E-state index >= 15 is 0 Å². The van der Waals surface area contributed by atoms with E-state index in [4.69, 9.17) is 11.2 Å². The van der Waals surface area contributed by atoms with Crippen LogP contribution in [0.3, 0.4) is 0 Å². The first-order valence-corrected chi connectivity index (χ1v) is 9.92. The highest BCUT2D eigenvalue weighted by Crippen LogP contribution is 2.64. The lowest BCUT2D eigenvalue weighted by molar-refractivity contribution is -0.148. The van der Waals surface area contributed by atoms with E-state index in [1.807, 2.05) is 0 Å². The van der Waals surface area contributed by atoms with Crippen LogP contribution in [0.5, 0.6) is 0 Å². The number of rotatable bonds is 1. The Hall–Kier alpha value is -1.49. The van der Waals surface area contributed by atoms with Crippen molar-refractivity contribution in [3.05, 3.63) is 23.3 Å². The fourth-order valence-corrected chi connectivity index (χ4v) is 6.75. The third-order valence-electron chi connectivity index (χ3n) is 8.13. The number of carbonyl (C=O) groups excluding carboxylic acids is 1. The Morgan fingerprint density at radius 3 is 2.64 bits per heavy atom. The molecule has 25 heavy (non-hydrogen) atoms. The smallest absolute Gasteiger partial charge is 0.302 e. The highest BCUT2D eigenvalue weighted by Gasteiger charge is 2.56. The molecule has 6 atom stereocenters. The van der Waals surface area contributed by atoms with E-state index in [-0.39, 0.29) is 17.5 Å². The zero-order chi connectivity index (χ0) is 17.8. The zero-order valence-corrected chi connectivity index (χ0v) is 15.8. The van der Waals surface area contributed by atoms with Gasteiger partial charge in [0.2, 0.25) is 0 Å². The lowest BCUT2D eigenvalue weighted by Gasteiger charge is -2.57. The van der Waals surface area contributed by atoms with Crippen molar-refractivity contribution < 1.29 is 9.53 Å². The number of ether oxygens (including phenoxy) is 1. The minimum atomic E-state index is -0.143. The first-order chi connectivity index (χ1) is 11.9. The number of fused-ring (bicyclic) bond motifs is 5. The van der Waals surface area contributed by atoms with Gasteiger partial charge in [0.05, 0.1) is 0 Å². The Balaban J connectivity index is 1.59. The summed E-state index contributed by atoms with van der Waals surface area (Å²) >= 11 is 0. The van der Waals surface area contributed by atoms with E-state index < -0.39 is 0 Å². The van der Waals surface area contributed by atoms with E-state index in [0.29, 0.717) is 11.3 Å². The molecule has 0 aromatic carbocycles. The molecule has 2 nitrogen and oxygen atoms in total. The average molecular weight is 338 g/mol. The van der Waals surface area contributed by atoms with Crippen LogP contribution in [0.25, 0.3) is 0 Å². The number of allylic oxidation sites excluding steroid dienone is 3. The molecule has 2 fully saturated rings. The molecule has 0 N–H and O–H groups in total. The van der Waals surface area contributed by atoms with E-state index in [1.165, 1.54) is 31.8 Å². The van der Waals surface area contributed by atoms with E-state index in [9.17, 15) is 4.79 Å². The minimum absolute atomic E-state index is 0.0865. The molecule has 0 aromatic heterocycles. The summed E-state index contributed by atoms with van der Waals surface area (Å²) in [7, 11) is 0. The summed E-state index contributed by atoms with van der Waals surface area (Å²) in [6, 6.07) is 0. The first-order valence-electron chi connectivity index (χ1n) is 9.92. The summed E-state index contributed by atoms with van der Waals surface area (Å²) < 4.78 is 5.52. The Bertz CT molecular complexity index is 693. The number of terminal acetylenes is 1. The molecular weight excluding hydrogens is 308 g/mol. The van der Waals surface area contributed by atoms with Crippen molar-refractivity contribution in [2.45, 2.75) is 71.8 Å². The highest BCUT2D eigenvalue weighted by atomic mass is 16.5. The molecule has 2 heteroatoms. The van der Waals surface area contributed by atoms with Crippen molar-refractivity contribution in [1.82, 2.24) is 0 Å². The van der Waals surface area contributed by atoms with Gasteiger partial charge in [0, 0.05) is 24.3 Å². The zero-order valence-electron chi connectivity index (χ0n) is 15.8. The Kier molecular flexibility index (Phi) is 3.91. The van der Waals surface area contributed by atoms with Gasteiger partial charge in [0.15, 0.2) is 0 Å². The Morgan fingerprint density at radius 1 is 1.16 bits per heavy atom. The molecule has 4 aliphatic rings. The minimum Gasteiger partial charge on any atom is -0.462 e. The van der Waals surface area contributed by atoms with Crippen molar-refractivity contribution in [2.75, 3.05) is 0 Å². The molecule has 4 aliphatic carbocycles. The van der Waals surface area contributed by atoms with Gasteiger partial charge in [-0.15, -0.1) is 6.42 Å². The largest absolute Gasteiger partial charge is 0.462 e. The van der Waals surface area contributed by atoms with Gasteiger partial charge in [0.25, 0.3) is 0 Å². The molecule has 0 spiro atoms. The fourth-order valence-electron chi connectivity index (χ4n) is 6.75. The van der Waals surface area contributed by atoms with E-state index in [2.05, 4.69) is 31.9 Å². The standard InChI is InChI=1S/C23H30O2/c1-5-16-7-9-20-19-8-6-17-14-18(25-15(2)24)10-12-23(17,4)21(19)11-13-22(16,20)3/h1,6-7,18-21H,8-14H2,2-4H3/t18?,19?,20?,21?,22-,23+/m1/s1. The Labute approximate surface area is 152 Å².